The molecule has 29 heavy (non-hydrogen) atoms. The Morgan fingerprint density at radius 2 is 1.31 bits per heavy atom. The summed E-state index contributed by atoms with van der Waals surface area (Å²) >= 11 is 0. The number of aromatic nitrogens is 4. The second-order valence-electron chi connectivity index (χ2n) is 6.49. The van der Waals surface area contributed by atoms with Gasteiger partial charge in [0, 0.05) is 10.6 Å². The molecule has 0 amide bonds. The standard InChI is InChI=1S/C23H18N5P/c1-3-10-18(11-4-1)29(19-12-5-2-6-13-19)26-22-16-9-17-23(24-22)28-21-15-8-7-14-20(21)25-27-28/h1-17H,(H,24,26). The molecule has 0 aliphatic carbocycles. The molecule has 3 aromatic carbocycles. The molecule has 0 spiro atoms. The Morgan fingerprint density at radius 3 is 2.03 bits per heavy atom. The second-order valence-corrected chi connectivity index (χ2v) is 8.42. The fraction of sp³-hybridized carbons (Fsp3) is 0. The van der Waals surface area contributed by atoms with Crippen LogP contribution in [0.25, 0.3) is 16.9 Å². The van der Waals surface area contributed by atoms with Crippen molar-refractivity contribution in [2.24, 2.45) is 0 Å². The summed E-state index contributed by atoms with van der Waals surface area (Å²) in [5.41, 5.74) is 1.79. The second kappa shape index (κ2) is 7.82. The maximum Gasteiger partial charge on any atom is 0.158 e. The molecule has 0 unspecified atom stereocenters. The van der Waals surface area contributed by atoms with Crippen molar-refractivity contribution < 1.29 is 0 Å². The van der Waals surface area contributed by atoms with Crippen LogP contribution in [0.2, 0.25) is 0 Å². The molecule has 140 valence electrons. The van der Waals surface area contributed by atoms with E-state index < -0.39 is 8.07 Å². The maximum absolute atomic E-state index is 4.82. The van der Waals surface area contributed by atoms with Crippen molar-refractivity contribution in [1.29, 1.82) is 0 Å². The summed E-state index contributed by atoms with van der Waals surface area (Å²) in [5.74, 6) is 1.54. The SMILES string of the molecule is c1ccc(P(Nc2cccc(-n3nnc4ccccc43)n2)c2ccccc2)cc1. The molecule has 0 saturated carbocycles. The van der Waals surface area contributed by atoms with E-state index in [0.717, 1.165) is 22.7 Å². The van der Waals surface area contributed by atoms with E-state index in [0.29, 0.717) is 0 Å². The van der Waals surface area contributed by atoms with Gasteiger partial charge < -0.3 is 5.09 Å². The highest BCUT2D eigenvalue weighted by Crippen LogP contribution is 2.34. The Balaban J connectivity index is 1.53. The molecule has 6 heteroatoms. The minimum Gasteiger partial charge on any atom is -0.342 e. The van der Waals surface area contributed by atoms with Gasteiger partial charge in [-0.1, -0.05) is 84.1 Å². The lowest BCUT2D eigenvalue weighted by Crippen LogP contribution is -2.17. The van der Waals surface area contributed by atoms with Crippen LogP contribution in [0.4, 0.5) is 5.82 Å². The van der Waals surface area contributed by atoms with Gasteiger partial charge in [0.25, 0.3) is 0 Å². The lowest BCUT2D eigenvalue weighted by molar-refractivity contribution is 0.803. The van der Waals surface area contributed by atoms with E-state index >= 15 is 0 Å². The Hall–Kier alpha value is -3.56. The Labute approximate surface area is 169 Å². The van der Waals surface area contributed by atoms with E-state index in [4.69, 9.17) is 4.98 Å². The number of para-hydroxylation sites is 1. The fourth-order valence-corrected chi connectivity index (χ4v) is 5.04. The third kappa shape index (κ3) is 3.60. The van der Waals surface area contributed by atoms with E-state index in [2.05, 4.69) is 63.9 Å². The number of nitrogens with one attached hydrogen (secondary N) is 1. The van der Waals surface area contributed by atoms with Crippen molar-refractivity contribution >= 4 is 35.5 Å². The monoisotopic (exact) mass is 395 g/mol. The first-order valence-corrected chi connectivity index (χ1v) is 10.7. The number of nitrogens with zero attached hydrogens (tertiary/aromatic N) is 4. The first-order chi connectivity index (χ1) is 14.4. The third-order valence-corrected chi connectivity index (χ3v) is 6.64. The van der Waals surface area contributed by atoms with Crippen molar-refractivity contribution in [3.8, 4) is 5.82 Å². The number of pyridine rings is 1. The van der Waals surface area contributed by atoms with Crippen molar-refractivity contribution in [3.05, 3.63) is 103 Å². The van der Waals surface area contributed by atoms with Gasteiger partial charge in [-0.25, -0.2) is 4.98 Å². The largest absolute Gasteiger partial charge is 0.342 e. The van der Waals surface area contributed by atoms with Crippen LogP contribution in [0.3, 0.4) is 0 Å². The zero-order chi connectivity index (χ0) is 19.5. The molecule has 0 radical (unpaired) electrons. The summed E-state index contributed by atoms with van der Waals surface area (Å²) in [6, 6.07) is 34.8. The van der Waals surface area contributed by atoms with Gasteiger partial charge >= 0.3 is 0 Å². The van der Waals surface area contributed by atoms with Crippen molar-refractivity contribution in [2.45, 2.75) is 0 Å². The van der Waals surface area contributed by atoms with Crippen LogP contribution in [0.1, 0.15) is 0 Å². The highest BCUT2D eigenvalue weighted by molar-refractivity contribution is 7.74. The molecular weight excluding hydrogens is 377 g/mol. The van der Waals surface area contributed by atoms with Crippen LogP contribution in [0.5, 0.6) is 0 Å². The maximum atomic E-state index is 4.82. The van der Waals surface area contributed by atoms with E-state index in [1.807, 2.05) is 54.6 Å². The minimum absolute atomic E-state index is 0.736. The molecule has 5 aromatic rings. The summed E-state index contributed by atoms with van der Waals surface area (Å²) in [6.45, 7) is 0. The zero-order valence-electron chi connectivity index (χ0n) is 15.6. The number of fused-ring (bicyclic) bond motifs is 1. The average molecular weight is 395 g/mol. The lowest BCUT2D eigenvalue weighted by Gasteiger charge is -2.20. The van der Waals surface area contributed by atoms with Gasteiger partial charge in [0.1, 0.15) is 11.3 Å². The third-order valence-electron chi connectivity index (χ3n) is 4.56. The molecule has 5 rings (SSSR count). The smallest absolute Gasteiger partial charge is 0.158 e. The average Bonchev–Trinajstić information content (AvgIpc) is 3.23. The van der Waals surface area contributed by atoms with Crippen LogP contribution in [0.15, 0.2) is 103 Å². The normalized spacial score (nSPS) is 11.1. The van der Waals surface area contributed by atoms with Gasteiger partial charge in [0.15, 0.2) is 5.82 Å². The van der Waals surface area contributed by atoms with Crippen LogP contribution < -0.4 is 15.7 Å². The molecule has 0 saturated heterocycles. The molecule has 1 N–H and O–H groups in total. The highest BCUT2D eigenvalue weighted by atomic mass is 31.1. The van der Waals surface area contributed by atoms with Crippen molar-refractivity contribution in [1.82, 2.24) is 20.0 Å². The van der Waals surface area contributed by atoms with Gasteiger partial charge in [-0.05, 0) is 24.3 Å². The molecule has 0 aliphatic heterocycles. The van der Waals surface area contributed by atoms with Gasteiger partial charge in [-0.15, -0.1) is 5.10 Å². The quantitative estimate of drug-likeness (QED) is 0.452. The molecule has 2 aromatic heterocycles. The number of benzene rings is 3. The summed E-state index contributed by atoms with van der Waals surface area (Å²) in [4.78, 5) is 4.82. The van der Waals surface area contributed by atoms with Gasteiger partial charge in [0.2, 0.25) is 0 Å². The van der Waals surface area contributed by atoms with E-state index in [1.165, 1.54) is 10.6 Å². The van der Waals surface area contributed by atoms with Crippen LogP contribution in [0, 0.1) is 0 Å². The molecule has 5 nitrogen and oxygen atoms in total. The number of anilines is 1. The highest BCUT2D eigenvalue weighted by Gasteiger charge is 2.15. The van der Waals surface area contributed by atoms with Crippen LogP contribution >= 0.6 is 8.07 Å². The summed E-state index contributed by atoms with van der Waals surface area (Å²) in [7, 11) is -0.789. The van der Waals surface area contributed by atoms with E-state index in [1.54, 1.807) is 4.68 Å². The molecule has 0 bridgehead atoms. The predicted octanol–water partition coefficient (Wildman–Crippen LogP) is 4.28. The topological polar surface area (TPSA) is 55.6 Å². The van der Waals surface area contributed by atoms with Gasteiger partial charge in [-0.3, -0.25) is 0 Å². The van der Waals surface area contributed by atoms with Gasteiger partial charge in [0.05, 0.1) is 13.6 Å². The number of hydrogen-bond acceptors (Lipinski definition) is 4. The first-order valence-electron chi connectivity index (χ1n) is 9.33. The minimum atomic E-state index is -0.789. The van der Waals surface area contributed by atoms with Crippen molar-refractivity contribution in [2.75, 3.05) is 5.09 Å². The van der Waals surface area contributed by atoms with E-state index in [9.17, 15) is 0 Å². The zero-order valence-corrected chi connectivity index (χ0v) is 16.4. The fourth-order valence-electron chi connectivity index (χ4n) is 3.19. The summed E-state index contributed by atoms with van der Waals surface area (Å²) in [6.07, 6.45) is 0. The number of rotatable bonds is 5. The predicted molar refractivity (Wildman–Crippen MR) is 119 cm³/mol. The molecule has 2 heterocycles. The Bertz CT molecular complexity index is 1200. The molecular formula is C23H18N5P. The summed E-state index contributed by atoms with van der Waals surface area (Å²) < 4.78 is 1.77. The lowest BCUT2D eigenvalue weighted by atomic mass is 10.3. The molecule has 0 aliphatic rings. The number of hydrogen-bond donors (Lipinski definition) is 1. The Kier molecular flexibility index (Phi) is 4.73. The summed E-state index contributed by atoms with van der Waals surface area (Å²) in [5, 5.41) is 14.7. The molecule has 0 atom stereocenters. The first kappa shape index (κ1) is 17.5. The Morgan fingerprint density at radius 1 is 0.655 bits per heavy atom. The van der Waals surface area contributed by atoms with Gasteiger partial charge in [-0.2, -0.15) is 4.68 Å². The van der Waals surface area contributed by atoms with Crippen LogP contribution in [-0.4, -0.2) is 20.0 Å². The van der Waals surface area contributed by atoms with Crippen molar-refractivity contribution in [3.63, 3.8) is 0 Å². The molecule has 0 fully saturated rings. The van der Waals surface area contributed by atoms with Crippen LogP contribution in [-0.2, 0) is 0 Å². The van der Waals surface area contributed by atoms with E-state index in [-0.39, 0.29) is 0 Å².